The highest BCUT2D eigenvalue weighted by atomic mass is 19.4. The Bertz CT molecular complexity index is 465. The van der Waals surface area contributed by atoms with Crippen LogP contribution in [0.4, 0.5) is 22.0 Å². The van der Waals surface area contributed by atoms with Crippen LogP contribution in [0.3, 0.4) is 0 Å². The summed E-state index contributed by atoms with van der Waals surface area (Å²) in [5.74, 6) is -5.62. The molecule has 0 saturated heterocycles. The van der Waals surface area contributed by atoms with Crippen LogP contribution in [0.5, 0.6) is 0 Å². The van der Waals surface area contributed by atoms with Crippen LogP contribution >= 0.6 is 0 Å². The van der Waals surface area contributed by atoms with Crippen LogP contribution in [0, 0.1) is 6.92 Å². The second-order valence-electron chi connectivity index (χ2n) is 3.80. The Labute approximate surface area is 99.0 Å². The lowest BCUT2D eigenvalue weighted by molar-refractivity contribution is -0.145. The van der Waals surface area contributed by atoms with E-state index in [1.165, 1.54) is 0 Å². The molecule has 2 nitrogen and oxygen atoms in total. The first-order valence-corrected chi connectivity index (χ1v) is 4.82. The lowest BCUT2D eigenvalue weighted by Gasteiger charge is -2.17. The second-order valence-corrected chi connectivity index (χ2v) is 3.80. The zero-order chi connectivity index (χ0) is 14.1. The number of carboxylic acid groups (broad SMARTS) is 1. The molecule has 0 aliphatic rings. The van der Waals surface area contributed by atoms with E-state index in [2.05, 4.69) is 0 Å². The number of aliphatic carboxylic acids is 1. The van der Waals surface area contributed by atoms with E-state index in [0.717, 1.165) is 19.1 Å². The fourth-order valence-electron chi connectivity index (χ4n) is 1.45. The first-order valence-electron chi connectivity index (χ1n) is 4.82. The van der Waals surface area contributed by atoms with E-state index in [0.29, 0.717) is 0 Å². The van der Waals surface area contributed by atoms with Crippen molar-refractivity contribution >= 4 is 5.97 Å². The van der Waals surface area contributed by atoms with Gasteiger partial charge in [0.25, 0.3) is 5.92 Å². The third-order valence-electron chi connectivity index (χ3n) is 2.34. The Morgan fingerprint density at radius 1 is 1.22 bits per heavy atom. The molecule has 1 N–H and O–H groups in total. The van der Waals surface area contributed by atoms with E-state index in [1.54, 1.807) is 0 Å². The second kappa shape index (κ2) is 4.55. The lowest BCUT2D eigenvalue weighted by atomic mass is 9.99. The quantitative estimate of drug-likeness (QED) is 0.851. The molecule has 100 valence electrons. The van der Waals surface area contributed by atoms with E-state index in [-0.39, 0.29) is 11.6 Å². The van der Waals surface area contributed by atoms with Crippen molar-refractivity contribution in [3.8, 4) is 0 Å². The van der Waals surface area contributed by atoms with Gasteiger partial charge in [0.05, 0.1) is 5.56 Å². The maximum atomic E-state index is 13.4. The van der Waals surface area contributed by atoms with Crippen LogP contribution in [0.25, 0.3) is 0 Å². The van der Waals surface area contributed by atoms with Crippen molar-refractivity contribution in [2.75, 3.05) is 0 Å². The first-order chi connectivity index (χ1) is 8.04. The van der Waals surface area contributed by atoms with Crippen LogP contribution < -0.4 is 0 Å². The molecule has 1 rings (SSSR count). The van der Waals surface area contributed by atoms with Crippen molar-refractivity contribution in [1.29, 1.82) is 0 Å². The smallest absolute Gasteiger partial charge is 0.416 e. The van der Waals surface area contributed by atoms with Crippen molar-refractivity contribution in [3.63, 3.8) is 0 Å². The summed E-state index contributed by atoms with van der Waals surface area (Å²) < 4.78 is 64.3. The highest BCUT2D eigenvalue weighted by molar-refractivity contribution is 5.68. The predicted octanol–water partition coefficient (Wildman–Crippen LogP) is 3.58. The van der Waals surface area contributed by atoms with E-state index in [4.69, 9.17) is 5.11 Å². The maximum Gasteiger partial charge on any atom is 0.416 e. The van der Waals surface area contributed by atoms with Crippen LogP contribution in [0.2, 0.25) is 0 Å². The van der Waals surface area contributed by atoms with E-state index in [9.17, 15) is 26.7 Å². The Kier molecular flexibility index (Phi) is 3.64. The molecule has 0 aliphatic heterocycles. The van der Waals surface area contributed by atoms with Crippen molar-refractivity contribution in [2.45, 2.75) is 25.4 Å². The van der Waals surface area contributed by atoms with Gasteiger partial charge in [-0.3, -0.25) is 4.79 Å². The summed E-state index contributed by atoms with van der Waals surface area (Å²) in [5.41, 5.74) is -2.34. The number of rotatable bonds is 3. The number of halogens is 5. The predicted molar refractivity (Wildman–Crippen MR) is 52.3 cm³/mol. The zero-order valence-corrected chi connectivity index (χ0v) is 9.18. The summed E-state index contributed by atoms with van der Waals surface area (Å²) in [6, 6.07) is 1.99. The molecule has 0 amide bonds. The topological polar surface area (TPSA) is 37.3 Å². The Balaban J connectivity index is 3.24. The molecule has 18 heavy (non-hydrogen) atoms. The van der Waals surface area contributed by atoms with Gasteiger partial charge in [0, 0.05) is 5.56 Å². The molecule has 0 saturated carbocycles. The largest absolute Gasteiger partial charge is 0.481 e. The van der Waals surface area contributed by atoms with Crippen LogP contribution in [0.15, 0.2) is 18.2 Å². The van der Waals surface area contributed by atoms with Gasteiger partial charge in [0.2, 0.25) is 0 Å². The third-order valence-corrected chi connectivity index (χ3v) is 2.34. The number of carbonyl (C=O) groups is 1. The number of benzene rings is 1. The van der Waals surface area contributed by atoms with Gasteiger partial charge in [-0.15, -0.1) is 0 Å². The molecule has 0 aromatic heterocycles. The molecule has 0 heterocycles. The van der Waals surface area contributed by atoms with Crippen molar-refractivity contribution < 1.29 is 31.9 Å². The summed E-state index contributed by atoms with van der Waals surface area (Å²) in [6.07, 6.45) is -6.30. The van der Waals surface area contributed by atoms with Crippen molar-refractivity contribution in [3.05, 3.63) is 34.9 Å². The van der Waals surface area contributed by atoms with Crippen molar-refractivity contribution in [2.24, 2.45) is 0 Å². The molecular weight excluding hydrogens is 259 g/mol. The minimum atomic E-state index is -4.75. The van der Waals surface area contributed by atoms with E-state index < -0.39 is 35.6 Å². The molecule has 0 aliphatic carbocycles. The minimum Gasteiger partial charge on any atom is -0.481 e. The fourth-order valence-corrected chi connectivity index (χ4v) is 1.45. The molecule has 1 aromatic rings. The average Bonchev–Trinajstić information content (AvgIpc) is 2.13. The van der Waals surface area contributed by atoms with Crippen LogP contribution in [-0.4, -0.2) is 11.1 Å². The van der Waals surface area contributed by atoms with Gasteiger partial charge in [0.1, 0.15) is 6.42 Å². The molecule has 0 fully saturated rings. The fraction of sp³-hybridized carbons (Fsp3) is 0.364. The minimum absolute atomic E-state index is 0.197. The summed E-state index contributed by atoms with van der Waals surface area (Å²) >= 11 is 0. The van der Waals surface area contributed by atoms with Gasteiger partial charge in [-0.05, 0) is 18.6 Å². The SMILES string of the molecule is Cc1ccc(C(F)(F)CC(=O)O)cc1C(F)(F)F. The van der Waals surface area contributed by atoms with Gasteiger partial charge < -0.3 is 5.11 Å². The van der Waals surface area contributed by atoms with Crippen molar-refractivity contribution in [1.82, 2.24) is 0 Å². The van der Waals surface area contributed by atoms with Crippen LogP contribution in [0.1, 0.15) is 23.1 Å². The maximum absolute atomic E-state index is 13.4. The Morgan fingerprint density at radius 3 is 2.22 bits per heavy atom. The molecule has 1 aromatic carbocycles. The number of carboxylic acids is 1. The number of alkyl halides is 5. The monoisotopic (exact) mass is 268 g/mol. The Morgan fingerprint density at radius 2 is 1.78 bits per heavy atom. The molecule has 0 unspecified atom stereocenters. The molecular formula is C11H9F5O2. The highest BCUT2D eigenvalue weighted by Gasteiger charge is 2.38. The van der Waals surface area contributed by atoms with Crippen LogP contribution in [-0.2, 0) is 16.9 Å². The molecule has 0 bridgehead atoms. The average molecular weight is 268 g/mol. The zero-order valence-electron chi connectivity index (χ0n) is 9.18. The Hall–Kier alpha value is -1.66. The number of hydrogen-bond donors (Lipinski definition) is 1. The number of hydrogen-bond acceptors (Lipinski definition) is 1. The van der Waals surface area contributed by atoms with Gasteiger partial charge in [-0.1, -0.05) is 12.1 Å². The van der Waals surface area contributed by atoms with Gasteiger partial charge >= 0.3 is 12.1 Å². The first kappa shape index (κ1) is 14.4. The lowest BCUT2D eigenvalue weighted by Crippen LogP contribution is -2.20. The summed E-state index contributed by atoms with van der Waals surface area (Å²) in [4.78, 5) is 10.2. The summed E-state index contributed by atoms with van der Waals surface area (Å²) in [7, 11) is 0. The van der Waals surface area contributed by atoms with Gasteiger partial charge in [0.15, 0.2) is 0 Å². The summed E-state index contributed by atoms with van der Waals surface area (Å²) in [6.45, 7) is 1.14. The summed E-state index contributed by atoms with van der Waals surface area (Å²) in [5, 5.41) is 8.29. The normalized spacial score (nSPS) is 12.6. The molecule has 0 spiro atoms. The highest BCUT2D eigenvalue weighted by Crippen LogP contribution is 2.37. The van der Waals surface area contributed by atoms with E-state index >= 15 is 0 Å². The molecule has 0 atom stereocenters. The molecule has 0 radical (unpaired) electrons. The standard InChI is InChI=1S/C11H9F5O2/c1-6-2-3-7(4-8(6)11(14,15)16)10(12,13)5-9(17)18/h2-4H,5H2,1H3,(H,17,18). The van der Waals surface area contributed by atoms with E-state index in [1.807, 2.05) is 0 Å². The van der Waals surface area contributed by atoms with Gasteiger partial charge in [-0.25, -0.2) is 8.78 Å². The van der Waals surface area contributed by atoms with Gasteiger partial charge in [-0.2, -0.15) is 13.2 Å². The number of aryl methyl sites for hydroxylation is 1. The third kappa shape index (κ3) is 3.18. The molecule has 7 heteroatoms.